The molecule has 0 saturated carbocycles. The first-order valence-electron chi connectivity index (χ1n) is 19.2. The van der Waals surface area contributed by atoms with Gasteiger partial charge in [0.1, 0.15) is 24.2 Å². The maximum absolute atomic E-state index is 13.7. The van der Waals surface area contributed by atoms with Crippen molar-refractivity contribution in [2.24, 2.45) is 0 Å². The lowest BCUT2D eigenvalue weighted by molar-refractivity contribution is -0.134. The molecule has 1 atom stereocenters. The predicted octanol–water partition coefficient (Wildman–Crippen LogP) is 7.47. The number of benzene rings is 4. The number of ether oxygens (including phenoxy) is 1. The van der Waals surface area contributed by atoms with Gasteiger partial charge in [0, 0.05) is 18.7 Å². The van der Waals surface area contributed by atoms with E-state index in [1.54, 1.807) is 11.1 Å². The molecular weight excluding hydrogens is 705 g/mol. The van der Waals surface area contributed by atoms with Crippen molar-refractivity contribution in [3.63, 3.8) is 0 Å². The molecule has 12 nitrogen and oxygen atoms in total. The van der Waals surface area contributed by atoms with Gasteiger partial charge in [0.05, 0.1) is 44.0 Å². The van der Waals surface area contributed by atoms with Crippen LogP contribution in [0.2, 0.25) is 0 Å². The normalized spacial score (nSPS) is 11.6. The topological polar surface area (TPSA) is 148 Å². The lowest BCUT2D eigenvalue weighted by Gasteiger charge is -2.27. The summed E-state index contributed by atoms with van der Waals surface area (Å²) in [6, 6.07) is 30.6. The summed E-state index contributed by atoms with van der Waals surface area (Å²) >= 11 is 0. The molecule has 6 rings (SSSR count). The minimum atomic E-state index is -0.643. The molecule has 0 bridgehead atoms. The summed E-state index contributed by atoms with van der Waals surface area (Å²) in [5.74, 6) is 1.24. The van der Waals surface area contributed by atoms with Crippen LogP contribution >= 0.6 is 0 Å². The molecule has 0 fully saturated rings. The SMILES string of the molecule is CCCN(Cc1ncc(-c2ccc3cc(-c4ccc(-c5cnc(CN(CCC)C(=O)[C@H](NCC)c6ccccc6)[nH]5)cc4)ccc3c2)[nH]1)C(=O)CNC(=O)OC. The van der Waals surface area contributed by atoms with E-state index in [4.69, 9.17) is 0 Å². The van der Waals surface area contributed by atoms with Gasteiger partial charge >= 0.3 is 6.09 Å². The number of methoxy groups -OCH3 is 1. The Morgan fingerprint density at radius 1 is 0.696 bits per heavy atom. The Balaban J connectivity index is 1.11. The average molecular weight is 755 g/mol. The highest BCUT2D eigenvalue weighted by molar-refractivity contribution is 5.90. The molecule has 0 spiro atoms. The van der Waals surface area contributed by atoms with Crippen molar-refractivity contribution < 1.29 is 19.1 Å². The van der Waals surface area contributed by atoms with Crippen LogP contribution in [0, 0.1) is 0 Å². The van der Waals surface area contributed by atoms with Gasteiger partial charge in [0.2, 0.25) is 11.8 Å². The van der Waals surface area contributed by atoms with E-state index >= 15 is 0 Å². The molecule has 56 heavy (non-hydrogen) atoms. The second kappa shape index (κ2) is 18.9. The molecule has 4 aromatic carbocycles. The summed E-state index contributed by atoms with van der Waals surface area (Å²) in [4.78, 5) is 57.5. The zero-order valence-electron chi connectivity index (χ0n) is 32.5. The lowest BCUT2D eigenvalue weighted by Crippen LogP contribution is -2.41. The van der Waals surface area contributed by atoms with Gasteiger partial charge in [0.15, 0.2) is 0 Å². The molecule has 0 unspecified atom stereocenters. The monoisotopic (exact) mass is 754 g/mol. The van der Waals surface area contributed by atoms with E-state index in [1.807, 2.05) is 55.3 Å². The quantitative estimate of drug-likeness (QED) is 0.0755. The third-order valence-electron chi connectivity index (χ3n) is 9.63. The third-order valence-corrected chi connectivity index (χ3v) is 9.63. The van der Waals surface area contributed by atoms with Crippen molar-refractivity contribution in [3.05, 3.63) is 121 Å². The van der Waals surface area contributed by atoms with Crippen LogP contribution in [0.4, 0.5) is 4.79 Å². The molecule has 2 heterocycles. The van der Waals surface area contributed by atoms with E-state index < -0.39 is 12.1 Å². The maximum Gasteiger partial charge on any atom is 0.407 e. The number of hydrogen-bond acceptors (Lipinski definition) is 7. The first-order chi connectivity index (χ1) is 27.3. The number of imidazole rings is 2. The molecule has 0 radical (unpaired) electrons. The molecule has 0 aliphatic heterocycles. The van der Waals surface area contributed by atoms with E-state index in [9.17, 15) is 14.4 Å². The summed E-state index contributed by atoms with van der Waals surface area (Å²) in [6.07, 6.45) is 4.59. The summed E-state index contributed by atoms with van der Waals surface area (Å²) in [5, 5.41) is 8.02. The van der Waals surface area contributed by atoms with E-state index in [2.05, 4.69) is 103 Å². The first kappa shape index (κ1) is 39.4. The largest absolute Gasteiger partial charge is 0.453 e. The Morgan fingerprint density at radius 2 is 1.25 bits per heavy atom. The molecule has 290 valence electrons. The molecular formula is C44H50N8O4. The molecule has 4 N–H and O–H groups in total. The van der Waals surface area contributed by atoms with Gasteiger partial charge in [-0.25, -0.2) is 14.8 Å². The Hall–Kier alpha value is -6.27. The fourth-order valence-electron chi connectivity index (χ4n) is 6.79. The number of hydrogen-bond donors (Lipinski definition) is 4. The van der Waals surface area contributed by atoms with Crippen molar-refractivity contribution in [3.8, 4) is 33.6 Å². The summed E-state index contributed by atoms with van der Waals surface area (Å²) in [5.41, 5.74) is 6.92. The second-order valence-electron chi connectivity index (χ2n) is 13.7. The average Bonchev–Trinajstić information content (AvgIpc) is 3.91. The van der Waals surface area contributed by atoms with Crippen molar-refractivity contribution in [2.75, 3.05) is 33.3 Å². The number of rotatable bonds is 17. The highest BCUT2D eigenvalue weighted by Gasteiger charge is 2.26. The van der Waals surface area contributed by atoms with Crippen molar-refractivity contribution in [1.82, 2.24) is 40.4 Å². The van der Waals surface area contributed by atoms with Crippen molar-refractivity contribution in [2.45, 2.75) is 52.7 Å². The number of nitrogens with one attached hydrogen (secondary N) is 4. The minimum absolute atomic E-state index is 0.0387. The van der Waals surface area contributed by atoms with Gasteiger partial charge in [-0.15, -0.1) is 0 Å². The van der Waals surface area contributed by atoms with Crippen LogP contribution in [0.1, 0.15) is 56.9 Å². The Bertz CT molecular complexity index is 2230. The molecule has 0 aliphatic rings. The number of nitrogens with zero attached hydrogens (tertiary/aromatic N) is 4. The zero-order valence-corrected chi connectivity index (χ0v) is 32.5. The predicted molar refractivity (Wildman–Crippen MR) is 219 cm³/mol. The smallest absolute Gasteiger partial charge is 0.407 e. The Morgan fingerprint density at radius 3 is 1.88 bits per heavy atom. The van der Waals surface area contributed by atoms with Crippen molar-refractivity contribution in [1.29, 1.82) is 0 Å². The third kappa shape index (κ3) is 9.69. The number of alkyl carbamates (subject to hydrolysis) is 1. The van der Waals surface area contributed by atoms with Crippen molar-refractivity contribution >= 4 is 28.7 Å². The van der Waals surface area contributed by atoms with E-state index in [0.29, 0.717) is 38.5 Å². The van der Waals surface area contributed by atoms with E-state index in [0.717, 1.165) is 68.6 Å². The summed E-state index contributed by atoms with van der Waals surface area (Å²) in [6.45, 7) is 8.51. The standard InChI is InChI=1S/C44H50N8O4/c1-5-21-51(41(53)27-48-44(55)56-4)28-39-47-26-38(50-39)36-20-19-34-23-33(17-18-35(34)24-36)30-13-15-31(16-14-30)37-25-46-40(49-37)29-52(22-6-2)43(54)42(45-7-3)32-11-9-8-10-12-32/h8-20,23-26,42,45H,5-7,21-22,27-29H2,1-4H3,(H,46,49)(H,47,50)(H,48,55)/t42-/m1/s1. The number of amides is 3. The number of likely N-dealkylation sites (N-methyl/N-ethyl adjacent to an activating group) is 1. The summed E-state index contributed by atoms with van der Waals surface area (Å²) < 4.78 is 4.58. The van der Waals surface area contributed by atoms with Crippen LogP contribution in [0.3, 0.4) is 0 Å². The number of H-pyrrole nitrogens is 2. The molecule has 12 heteroatoms. The second-order valence-corrected chi connectivity index (χ2v) is 13.7. The number of aromatic nitrogens is 4. The zero-order chi connectivity index (χ0) is 39.4. The minimum Gasteiger partial charge on any atom is -0.453 e. The van der Waals surface area contributed by atoms with Gasteiger partial charge in [-0.3, -0.25) is 9.59 Å². The molecule has 0 aliphatic carbocycles. The number of carbonyl (C=O) groups excluding carboxylic acids is 3. The van der Waals surface area contributed by atoms with Crippen LogP contribution in [0.5, 0.6) is 0 Å². The number of aromatic amines is 2. The number of fused-ring (bicyclic) bond motifs is 1. The van der Waals surface area contributed by atoms with Crippen LogP contribution < -0.4 is 10.6 Å². The highest BCUT2D eigenvalue weighted by Crippen LogP contribution is 2.30. The van der Waals surface area contributed by atoms with E-state index in [1.165, 1.54) is 7.11 Å². The first-order valence-corrected chi connectivity index (χ1v) is 19.2. The molecule has 2 aromatic heterocycles. The fourth-order valence-corrected chi connectivity index (χ4v) is 6.79. The van der Waals surface area contributed by atoms with Gasteiger partial charge < -0.3 is 35.1 Å². The molecule has 6 aromatic rings. The van der Waals surface area contributed by atoms with Gasteiger partial charge in [-0.1, -0.05) is 99.6 Å². The maximum atomic E-state index is 13.7. The number of carbonyl (C=O) groups is 3. The fraction of sp³-hybridized carbons (Fsp3) is 0.295. The molecule has 3 amide bonds. The lowest BCUT2D eigenvalue weighted by atomic mass is 9.98. The Kier molecular flexibility index (Phi) is 13.3. The Labute approximate surface area is 327 Å². The summed E-state index contributed by atoms with van der Waals surface area (Å²) in [7, 11) is 1.26. The van der Waals surface area contributed by atoms with Gasteiger partial charge in [-0.05, 0) is 64.5 Å². The van der Waals surface area contributed by atoms with Crippen LogP contribution in [-0.2, 0) is 27.4 Å². The van der Waals surface area contributed by atoms with Crippen LogP contribution in [-0.4, -0.2) is 80.9 Å². The highest BCUT2D eigenvalue weighted by atomic mass is 16.5. The van der Waals surface area contributed by atoms with Crippen LogP contribution in [0.15, 0.2) is 103 Å². The van der Waals surface area contributed by atoms with Gasteiger partial charge in [0.25, 0.3) is 0 Å². The van der Waals surface area contributed by atoms with E-state index in [-0.39, 0.29) is 18.4 Å². The van der Waals surface area contributed by atoms with Crippen LogP contribution in [0.25, 0.3) is 44.4 Å². The molecule has 0 saturated heterocycles. The van der Waals surface area contributed by atoms with Gasteiger partial charge in [-0.2, -0.15) is 0 Å².